The third kappa shape index (κ3) is 2.57. The van der Waals surface area contributed by atoms with E-state index in [4.69, 9.17) is 0 Å². The first-order chi connectivity index (χ1) is 7.25. The zero-order chi connectivity index (χ0) is 10.7. The van der Waals surface area contributed by atoms with Crippen molar-refractivity contribution in [2.75, 3.05) is 0 Å². The van der Waals surface area contributed by atoms with Crippen molar-refractivity contribution < 1.29 is 8.42 Å². The maximum Gasteiger partial charge on any atom is 0.174 e. The van der Waals surface area contributed by atoms with Gasteiger partial charge in [0.25, 0.3) is 0 Å². The first-order valence-corrected chi connectivity index (χ1v) is 6.29. The smallest absolute Gasteiger partial charge is 0.174 e. The SMILES string of the molecule is O=[SH](=O)Cc1ccc(-c2ncsn2)cn1. The molecule has 7 heteroatoms. The van der Waals surface area contributed by atoms with Crippen LogP contribution in [0.15, 0.2) is 23.8 Å². The van der Waals surface area contributed by atoms with Crippen molar-refractivity contribution in [3.8, 4) is 11.4 Å². The van der Waals surface area contributed by atoms with Crippen LogP contribution in [-0.4, -0.2) is 22.8 Å². The summed E-state index contributed by atoms with van der Waals surface area (Å²) in [4.78, 5) is 8.04. The van der Waals surface area contributed by atoms with E-state index in [1.807, 2.05) is 0 Å². The van der Waals surface area contributed by atoms with E-state index in [1.54, 1.807) is 23.8 Å². The van der Waals surface area contributed by atoms with E-state index in [0.29, 0.717) is 11.5 Å². The molecular weight excluding hydrogens is 234 g/mol. The highest BCUT2D eigenvalue weighted by Crippen LogP contribution is 2.14. The van der Waals surface area contributed by atoms with E-state index in [1.165, 1.54) is 11.5 Å². The molecular formula is C8H7N3O2S2. The van der Waals surface area contributed by atoms with Crippen LogP contribution in [-0.2, 0) is 16.5 Å². The fraction of sp³-hybridized carbons (Fsp3) is 0.125. The van der Waals surface area contributed by atoms with Crippen LogP contribution >= 0.6 is 11.5 Å². The van der Waals surface area contributed by atoms with Crippen LogP contribution in [0.3, 0.4) is 0 Å². The number of pyridine rings is 1. The molecule has 2 aromatic rings. The van der Waals surface area contributed by atoms with E-state index in [9.17, 15) is 8.42 Å². The van der Waals surface area contributed by atoms with E-state index >= 15 is 0 Å². The maximum atomic E-state index is 10.5. The quantitative estimate of drug-likeness (QED) is 0.801. The number of rotatable bonds is 3. The van der Waals surface area contributed by atoms with Gasteiger partial charge in [0.2, 0.25) is 0 Å². The molecule has 0 saturated carbocycles. The minimum Gasteiger partial charge on any atom is -0.259 e. The molecule has 5 nitrogen and oxygen atoms in total. The van der Waals surface area contributed by atoms with Gasteiger partial charge in [0, 0.05) is 11.8 Å². The average molecular weight is 241 g/mol. The van der Waals surface area contributed by atoms with Crippen molar-refractivity contribution in [1.29, 1.82) is 0 Å². The van der Waals surface area contributed by atoms with Crippen molar-refractivity contribution in [2.45, 2.75) is 5.75 Å². The third-order valence-corrected chi connectivity index (χ3v) is 2.80. The summed E-state index contributed by atoms with van der Waals surface area (Å²) < 4.78 is 25.0. The Morgan fingerprint density at radius 2 is 2.13 bits per heavy atom. The zero-order valence-corrected chi connectivity index (χ0v) is 9.24. The van der Waals surface area contributed by atoms with Crippen LogP contribution in [0.1, 0.15) is 5.69 Å². The van der Waals surface area contributed by atoms with Gasteiger partial charge in [-0.2, -0.15) is 4.37 Å². The predicted molar refractivity (Wildman–Crippen MR) is 57.2 cm³/mol. The van der Waals surface area contributed by atoms with Crippen LogP contribution < -0.4 is 0 Å². The fourth-order valence-corrected chi connectivity index (χ4v) is 1.98. The summed E-state index contributed by atoms with van der Waals surface area (Å²) in [7, 11) is -2.42. The summed E-state index contributed by atoms with van der Waals surface area (Å²) >= 11 is 1.26. The van der Waals surface area contributed by atoms with Gasteiger partial charge in [0.05, 0.1) is 11.4 Å². The van der Waals surface area contributed by atoms with Gasteiger partial charge in [-0.1, -0.05) is 0 Å². The molecule has 0 bridgehead atoms. The molecule has 0 saturated heterocycles. The standard InChI is InChI=1S/C8H7N3O2S2/c12-15(13)4-7-2-1-6(3-9-7)8-10-5-14-11-8/h1-3,5,15H,4H2. The lowest BCUT2D eigenvalue weighted by Crippen LogP contribution is -1.91. The van der Waals surface area contributed by atoms with Gasteiger partial charge in [0.15, 0.2) is 5.82 Å². The number of nitrogens with zero attached hydrogens (tertiary/aromatic N) is 3. The molecule has 0 aliphatic carbocycles. The Balaban J connectivity index is 2.24. The van der Waals surface area contributed by atoms with Crippen molar-refractivity contribution in [3.05, 3.63) is 29.5 Å². The van der Waals surface area contributed by atoms with E-state index in [2.05, 4.69) is 14.3 Å². The topological polar surface area (TPSA) is 72.8 Å². The number of thiol groups is 1. The monoisotopic (exact) mass is 241 g/mol. The second kappa shape index (κ2) is 4.45. The molecule has 15 heavy (non-hydrogen) atoms. The van der Waals surface area contributed by atoms with Crippen LogP contribution in [0.5, 0.6) is 0 Å². The predicted octanol–water partition coefficient (Wildman–Crippen LogP) is 0.712. The van der Waals surface area contributed by atoms with E-state index in [0.717, 1.165) is 5.56 Å². The van der Waals surface area contributed by atoms with Crippen molar-refractivity contribution in [1.82, 2.24) is 14.3 Å². The van der Waals surface area contributed by atoms with Gasteiger partial charge in [-0.15, -0.1) is 0 Å². The lowest BCUT2D eigenvalue weighted by molar-refractivity contribution is 0.613. The number of hydrogen-bond donors (Lipinski definition) is 1. The van der Waals surface area contributed by atoms with Crippen molar-refractivity contribution in [3.63, 3.8) is 0 Å². The molecule has 2 heterocycles. The molecule has 0 N–H and O–H groups in total. The summed E-state index contributed by atoms with van der Waals surface area (Å²) in [6, 6.07) is 3.44. The first-order valence-electron chi connectivity index (χ1n) is 4.09. The average Bonchev–Trinajstić information content (AvgIpc) is 2.71. The Kier molecular flexibility index (Phi) is 3.02. The molecule has 0 aliphatic heterocycles. The molecule has 0 aromatic carbocycles. The minimum absolute atomic E-state index is 0.0277. The molecule has 0 unspecified atom stereocenters. The fourth-order valence-electron chi connectivity index (χ4n) is 1.08. The summed E-state index contributed by atoms with van der Waals surface area (Å²) in [6.07, 6.45) is 1.58. The molecule has 0 aliphatic rings. The Morgan fingerprint density at radius 3 is 2.67 bits per heavy atom. The highest BCUT2D eigenvalue weighted by atomic mass is 32.2. The van der Waals surface area contributed by atoms with Gasteiger partial charge in [-0.25, -0.2) is 13.4 Å². The molecule has 78 valence electrons. The van der Waals surface area contributed by atoms with E-state index < -0.39 is 10.7 Å². The van der Waals surface area contributed by atoms with Crippen LogP contribution in [0.25, 0.3) is 11.4 Å². The highest BCUT2D eigenvalue weighted by Gasteiger charge is 2.02. The van der Waals surface area contributed by atoms with Crippen LogP contribution in [0.4, 0.5) is 0 Å². The number of hydrogen-bond acceptors (Lipinski definition) is 6. The summed E-state index contributed by atoms with van der Waals surface area (Å²) in [5.74, 6) is 0.589. The zero-order valence-electron chi connectivity index (χ0n) is 7.53. The highest BCUT2D eigenvalue weighted by molar-refractivity contribution is 7.71. The normalized spacial score (nSPS) is 10.7. The van der Waals surface area contributed by atoms with Gasteiger partial charge < -0.3 is 0 Å². The second-order valence-electron chi connectivity index (χ2n) is 2.78. The Morgan fingerprint density at radius 1 is 1.27 bits per heavy atom. The lowest BCUT2D eigenvalue weighted by Gasteiger charge is -1.96. The van der Waals surface area contributed by atoms with Gasteiger partial charge in [-0.3, -0.25) is 4.98 Å². The largest absolute Gasteiger partial charge is 0.259 e. The summed E-state index contributed by atoms with van der Waals surface area (Å²) in [5.41, 5.74) is 2.96. The number of aromatic nitrogens is 3. The summed E-state index contributed by atoms with van der Waals surface area (Å²) in [5, 5.41) is 0. The Hall–Kier alpha value is -1.34. The molecule has 2 aromatic heterocycles. The minimum atomic E-state index is -2.42. The molecule has 0 spiro atoms. The van der Waals surface area contributed by atoms with Gasteiger partial charge in [0.1, 0.15) is 16.2 Å². The third-order valence-electron chi connectivity index (χ3n) is 1.74. The van der Waals surface area contributed by atoms with Crippen LogP contribution in [0.2, 0.25) is 0 Å². The summed E-state index contributed by atoms with van der Waals surface area (Å²) in [6.45, 7) is 0. The molecule has 2 rings (SSSR count). The maximum absolute atomic E-state index is 10.5. The molecule has 0 fully saturated rings. The van der Waals surface area contributed by atoms with Crippen molar-refractivity contribution >= 4 is 22.2 Å². The van der Waals surface area contributed by atoms with Gasteiger partial charge in [-0.05, 0) is 23.7 Å². The molecule has 0 atom stereocenters. The second-order valence-corrected chi connectivity index (χ2v) is 4.37. The Labute approximate surface area is 92.0 Å². The van der Waals surface area contributed by atoms with Gasteiger partial charge >= 0.3 is 0 Å². The lowest BCUT2D eigenvalue weighted by atomic mass is 10.2. The van der Waals surface area contributed by atoms with Crippen LogP contribution in [0, 0.1) is 0 Å². The molecule has 0 amide bonds. The molecule has 0 radical (unpaired) electrons. The van der Waals surface area contributed by atoms with Crippen molar-refractivity contribution in [2.24, 2.45) is 0 Å². The first kappa shape index (κ1) is 10.2. The Bertz CT molecular complexity index is 497. The van der Waals surface area contributed by atoms with E-state index in [-0.39, 0.29) is 5.75 Å².